The molecule has 2 aromatic rings. The molecule has 0 fully saturated rings. The third kappa shape index (κ3) is 10.9. The Labute approximate surface area is 217 Å². The van der Waals surface area contributed by atoms with Crippen LogP contribution in [0, 0.1) is 0 Å². The molecule has 0 saturated heterocycles. The van der Waals surface area contributed by atoms with Crippen molar-refractivity contribution in [3.8, 4) is 0 Å². The molecule has 1 amide bonds. The van der Waals surface area contributed by atoms with Crippen LogP contribution in [0.2, 0.25) is 18.1 Å². The van der Waals surface area contributed by atoms with E-state index in [4.69, 9.17) is 24.4 Å². The Morgan fingerprint density at radius 2 is 1.28 bits per heavy atom. The van der Waals surface area contributed by atoms with Crippen molar-refractivity contribution in [1.82, 2.24) is 0 Å². The highest BCUT2D eigenvalue weighted by molar-refractivity contribution is 6.74. The molecule has 2 atom stereocenters. The van der Waals surface area contributed by atoms with E-state index in [9.17, 15) is 4.79 Å². The average Bonchev–Trinajstić information content (AvgIpc) is 2.82. The van der Waals surface area contributed by atoms with E-state index in [-0.39, 0.29) is 5.04 Å². The van der Waals surface area contributed by atoms with E-state index < -0.39 is 26.6 Å². The fourth-order valence-corrected chi connectivity index (χ4v) is 4.35. The summed E-state index contributed by atoms with van der Waals surface area (Å²) in [5.41, 5.74) is 7.60. The molecule has 2 rings (SSSR count). The molecule has 0 bridgehead atoms. The van der Waals surface area contributed by atoms with Gasteiger partial charge >= 0.3 is 6.09 Å². The highest BCUT2D eigenvalue weighted by Crippen LogP contribution is 2.38. The Balaban J connectivity index is 2.07. The molecular formula is C29H41NO5Si. The molecule has 2 aromatic carbocycles. The molecule has 0 aliphatic rings. The van der Waals surface area contributed by atoms with Crippen LogP contribution >= 0.6 is 0 Å². The Morgan fingerprint density at radius 1 is 0.833 bits per heavy atom. The molecule has 0 heterocycles. The largest absolute Gasteiger partial charge is 0.439 e. The molecule has 0 aliphatic carbocycles. The van der Waals surface area contributed by atoms with Gasteiger partial charge in [-0.2, -0.15) is 0 Å². The second-order valence-corrected chi connectivity index (χ2v) is 14.9. The number of primary amides is 1. The van der Waals surface area contributed by atoms with Gasteiger partial charge in [0.05, 0.1) is 26.4 Å². The van der Waals surface area contributed by atoms with Crippen molar-refractivity contribution in [1.29, 1.82) is 0 Å². The number of amides is 1. The van der Waals surface area contributed by atoms with Gasteiger partial charge < -0.3 is 24.4 Å². The van der Waals surface area contributed by atoms with Crippen molar-refractivity contribution < 1.29 is 23.4 Å². The number of hydrogen-bond donors (Lipinski definition) is 1. The predicted molar refractivity (Wildman–Crippen MR) is 147 cm³/mol. The quantitative estimate of drug-likeness (QED) is 0.181. The van der Waals surface area contributed by atoms with Crippen LogP contribution < -0.4 is 5.73 Å². The summed E-state index contributed by atoms with van der Waals surface area (Å²) in [6.45, 7) is 12.6. The van der Waals surface area contributed by atoms with Gasteiger partial charge in [0.15, 0.2) is 14.4 Å². The van der Waals surface area contributed by atoms with Crippen molar-refractivity contribution in [3.63, 3.8) is 0 Å². The number of nitrogens with two attached hydrogens (primary N) is 1. The van der Waals surface area contributed by atoms with Crippen molar-refractivity contribution in [3.05, 3.63) is 96.1 Å². The van der Waals surface area contributed by atoms with Crippen LogP contribution in [-0.4, -0.2) is 39.8 Å². The molecular weight excluding hydrogens is 470 g/mol. The summed E-state index contributed by atoms with van der Waals surface area (Å²) < 4.78 is 23.6. The molecule has 7 heteroatoms. The number of hydrogen-bond acceptors (Lipinski definition) is 5. The van der Waals surface area contributed by atoms with Crippen LogP contribution in [0.3, 0.4) is 0 Å². The normalized spacial score (nSPS) is 14.2. The first-order valence-electron chi connectivity index (χ1n) is 12.3. The lowest BCUT2D eigenvalue weighted by Crippen LogP contribution is -2.47. The Bertz CT molecular complexity index is 955. The zero-order chi connectivity index (χ0) is 26.4. The molecule has 0 aromatic heterocycles. The van der Waals surface area contributed by atoms with Crippen molar-refractivity contribution >= 4 is 14.4 Å². The van der Waals surface area contributed by atoms with E-state index in [1.807, 2.05) is 78.9 Å². The monoisotopic (exact) mass is 511 g/mol. The van der Waals surface area contributed by atoms with Gasteiger partial charge in [0.1, 0.15) is 6.10 Å². The first-order valence-corrected chi connectivity index (χ1v) is 15.2. The van der Waals surface area contributed by atoms with Crippen LogP contribution in [-0.2, 0) is 31.9 Å². The second-order valence-electron chi connectivity index (χ2n) is 10.1. The molecule has 0 radical (unpaired) electrons. The van der Waals surface area contributed by atoms with Gasteiger partial charge in [-0.1, -0.05) is 99.7 Å². The maximum absolute atomic E-state index is 11.7. The topological polar surface area (TPSA) is 80.0 Å². The van der Waals surface area contributed by atoms with Gasteiger partial charge in [-0.05, 0) is 35.3 Å². The summed E-state index contributed by atoms with van der Waals surface area (Å²) in [6, 6.07) is 19.9. The standard InChI is InChI=1S/C29H41NO5Si/c1-29(2,3)36(4,5)35-27(19-13-21-33-23-25-16-10-7-11-17-25)26(34-28(30)31)18-12-20-32-22-24-14-8-6-9-15-24/h6-19,26-27H,20-23H2,1-5H3,(H2,30,31)/b18-12+,19-13+/t26-,27+/m0/s1. The van der Waals surface area contributed by atoms with Crippen LogP contribution in [0.5, 0.6) is 0 Å². The minimum atomic E-state index is -2.19. The highest BCUT2D eigenvalue weighted by Gasteiger charge is 2.40. The third-order valence-electron chi connectivity index (χ3n) is 6.12. The Kier molecular flexibility index (Phi) is 12.1. The van der Waals surface area contributed by atoms with Crippen LogP contribution in [0.4, 0.5) is 4.79 Å². The fourth-order valence-electron chi connectivity index (χ4n) is 3.10. The number of carbonyl (C=O) groups excluding carboxylic acids is 1. The van der Waals surface area contributed by atoms with E-state index >= 15 is 0 Å². The molecule has 0 spiro atoms. The molecule has 0 unspecified atom stereocenters. The molecule has 0 aliphatic heterocycles. The summed E-state index contributed by atoms with van der Waals surface area (Å²) in [7, 11) is -2.19. The maximum Gasteiger partial charge on any atom is 0.405 e. The lowest BCUT2D eigenvalue weighted by Gasteiger charge is -2.39. The van der Waals surface area contributed by atoms with Gasteiger partial charge in [0, 0.05) is 0 Å². The Hall–Kier alpha value is -2.71. The van der Waals surface area contributed by atoms with Crippen molar-refractivity contribution in [2.75, 3.05) is 13.2 Å². The van der Waals surface area contributed by atoms with Crippen LogP contribution in [0.15, 0.2) is 85.0 Å². The predicted octanol–water partition coefficient (Wildman–Crippen LogP) is 6.39. The van der Waals surface area contributed by atoms with E-state index in [0.29, 0.717) is 26.4 Å². The highest BCUT2D eigenvalue weighted by atomic mass is 28.4. The first-order chi connectivity index (χ1) is 17.1. The number of ether oxygens (including phenoxy) is 3. The fraction of sp³-hybridized carbons (Fsp3) is 0.414. The van der Waals surface area contributed by atoms with Crippen molar-refractivity contribution in [2.45, 2.75) is 64.3 Å². The maximum atomic E-state index is 11.7. The summed E-state index contributed by atoms with van der Waals surface area (Å²) in [6.07, 6.45) is 5.35. The molecule has 6 nitrogen and oxygen atoms in total. The number of rotatable bonds is 14. The summed E-state index contributed by atoms with van der Waals surface area (Å²) in [5.74, 6) is 0. The first kappa shape index (κ1) is 29.5. The molecule has 0 saturated carbocycles. The number of carbonyl (C=O) groups is 1. The molecule has 2 N–H and O–H groups in total. The van der Waals surface area contributed by atoms with Gasteiger partial charge in [0.25, 0.3) is 0 Å². The Morgan fingerprint density at radius 3 is 1.69 bits per heavy atom. The van der Waals surface area contributed by atoms with E-state index in [1.165, 1.54) is 0 Å². The lowest BCUT2D eigenvalue weighted by molar-refractivity contribution is 0.0602. The van der Waals surface area contributed by atoms with Gasteiger partial charge in [-0.15, -0.1) is 0 Å². The second kappa shape index (κ2) is 14.8. The molecule has 196 valence electrons. The van der Waals surface area contributed by atoms with Gasteiger partial charge in [-0.25, -0.2) is 4.79 Å². The van der Waals surface area contributed by atoms with E-state index in [1.54, 1.807) is 6.08 Å². The minimum absolute atomic E-state index is 0.0251. The van der Waals surface area contributed by atoms with Crippen molar-refractivity contribution in [2.24, 2.45) is 5.73 Å². The van der Waals surface area contributed by atoms with Gasteiger partial charge in [0.2, 0.25) is 0 Å². The number of benzene rings is 2. The summed E-state index contributed by atoms with van der Waals surface area (Å²) >= 11 is 0. The van der Waals surface area contributed by atoms with E-state index in [0.717, 1.165) is 11.1 Å². The zero-order valence-electron chi connectivity index (χ0n) is 22.2. The third-order valence-corrected chi connectivity index (χ3v) is 10.6. The average molecular weight is 512 g/mol. The van der Waals surface area contributed by atoms with Crippen LogP contribution in [0.25, 0.3) is 0 Å². The minimum Gasteiger partial charge on any atom is -0.439 e. The smallest absolute Gasteiger partial charge is 0.405 e. The SMILES string of the molecule is CC(C)(C)[Si](C)(C)O[C@H](/C=C/COCc1ccccc1)[C@H](/C=C/COCc1ccccc1)OC(N)=O. The van der Waals surface area contributed by atoms with E-state index in [2.05, 4.69) is 33.9 Å². The summed E-state index contributed by atoms with van der Waals surface area (Å²) in [5, 5.41) is -0.0251. The lowest BCUT2D eigenvalue weighted by atomic mass is 10.1. The molecule has 36 heavy (non-hydrogen) atoms. The van der Waals surface area contributed by atoms with Crippen LogP contribution in [0.1, 0.15) is 31.9 Å². The summed E-state index contributed by atoms with van der Waals surface area (Å²) in [4.78, 5) is 11.7. The zero-order valence-corrected chi connectivity index (χ0v) is 23.2. The van der Waals surface area contributed by atoms with Gasteiger partial charge in [-0.3, -0.25) is 0 Å².